The fraction of sp³-hybridized carbons (Fsp3) is 0.818. The smallest absolute Gasteiger partial charge is 0.410 e. The lowest BCUT2D eigenvalue weighted by atomic mass is 9.90. The maximum Gasteiger partial charge on any atom is 0.410 e. The number of nitrogens with one attached hydrogen (secondary N) is 1. The summed E-state index contributed by atoms with van der Waals surface area (Å²) in [7, 11) is 0. The average molecular weight is 260 g/mol. The zero-order valence-electron chi connectivity index (χ0n) is 10.9. The fourth-order valence-corrected chi connectivity index (χ4v) is 1.68. The number of likely N-dealkylation sites (tertiary alicyclic amines) is 1. The van der Waals surface area contributed by atoms with Crippen LogP contribution in [-0.2, 0) is 9.53 Å². The summed E-state index contributed by atoms with van der Waals surface area (Å²) in [6.45, 7) is 5.35. The molecular formula is C11H20N2O5. The molecule has 7 nitrogen and oxygen atoms in total. The Labute approximate surface area is 106 Å². The Morgan fingerprint density at radius 2 is 1.94 bits per heavy atom. The first-order valence-electron chi connectivity index (χ1n) is 5.77. The molecule has 0 aromatic heterocycles. The molecule has 0 radical (unpaired) electrons. The lowest BCUT2D eigenvalue weighted by Crippen LogP contribution is -2.74. The van der Waals surface area contributed by atoms with Crippen molar-refractivity contribution in [3.63, 3.8) is 0 Å². The summed E-state index contributed by atoms with van der Waals surface area (Å²) in [6, 6.07) is 0. The molecule has 0 bridgehead atoms. The van der Waals surface area contributed by atoms with Crippen LogP contribution in [0.2, 0.25) is 0 Å². The summed E-state index contributed by atoms with van der Waals surface area (Å²) in [5.41, 5.74) is -1.77. The summed E-state index contributed by atoms with van der Waals surface area (Å²) in [5.74, 6) is -1.03. The van der Waals surface area contributed by atoms with Gasteiger partial charge in [-0.25, -0.2) is 4.79 Å². The van der Waals surface area contributed by atoms with Crippen LogP contribution in [0.3, 0.4) is 0 Å². The molecule has 7 heteroatoms. The third-order valence-corrected chi connectivity index (χ3v) is 2.56. The molecule has 1 heterocycles. The van der Waals surface area contributed by atoms with E-state index in [-0.39, 0.29) is 26.2 Å². The Kier molecular flexibility index (Phi) is 4.18. The number of nitrogens with zero attached hydrogens (tertiary/aromatic N) is 1. The van der Waals surface area contributed by atoms with E-state index in [4.69, 9.17) is 14.9 Å². The minimum absolute atomic E-state index is 0.0389. The van der Waals surface area contributed by atoms with Gasteiger partial charge in [-0.15, -0.1) is 0 Å². The number of ether oxygens (including phenoxy) is 1. The highest BCUT2D eigenvalue weighted by Crippen LogP contribution is 2.23. The maximum absolute atomic E-state index is 11.7. The van der Waals surface area contributed by atoms with Crippen LogP contribution in [0, 0.1) is 0 Å². The highest BCUT2D eigenvalue weighted by molar-refractivity contribution is 5.84. The first-order valence-corrected chi connectivity index (χ1v) is 5.77. The number of carboxylic acids is 1. The van der Waals surface area contributed by atoms with Crippen LogP contribution in [0.5, 0.6) is 0 Å². The molecule has 0 saturated carbocycles. The SMILES string of the molecule is CC(C)(C)OC(=O)N1CC(NCCO)(C(=O)O)C1. The van der Waals surface area contributed by atoms with Gasteiger partial charge in [0.25, 0.3) is 0 Å². The number of aliphatic hydroxyl groups excluding tert-OH is 1. The zero-order chi connectivity index (χ0) is 14.0. The van der Waals surface area contributed by atoms with Gasteiger partial charge in [0.2, 0.25) is 0 Å². The first kappa shape index (κ1) is 14.7. The molecular weight excluding hydrogens is 240 g/mol. The number of aliphatic hydroxyl groups is 1. The molecule has 3 N–H and O–H groups in total. The monoisotopic (exact) mass is 260 g/mol. The van der Waals surface area contributed by atoms with Crippen LogP contribution in [0.25, 0.3) is 0 Å². The lowest BCUT2D eigenvalue weighted by molar-refractivity contribution is -0.152. The van der Waals surface area contributed by atoms with Gasteiger partial charge >= 0.3 is 12.1 Å². The fourth-order valence-electron chi connectivity index (χ4n) is 1.68. The van der Waals surface area contributed by atoms with Crippen LogP contribution in [0.4, 0.5) is 4.79 Å². The number of carboxylic acid groups (broad SMARTS) is 1. The van der Waals surface area contributed by atoms with Crippen LogP contribution in [0.15, 0.2) is 0 Å². The van der Waals surface area contributed by atoms with Gasteiger partial charge in [0.05, 0.1) is 19.7 Å². The Bertz CT molecular complexity index is 331. The molecule has 18 heavy (non-hydrogen) atoms. The van der Waals surface area contributed by atoms with Crippen LogP contribution >= 0.6 is 0 Å². The van der Waals surface area contributed by atoms with Gasteiger partial charge in [0, 0.05) is 6.54 Å². The second-order valence-corrected chi connectivity index (χ2v) is 5.37. The van der Waals surface area contributed by atoms with Crippen LogP contribution in [-0.4, -0.2) is 64.6 Å². The van der Waals surface area contributed by atoms with Crippen molar-refractivity contribution in [3.8, 4) is 0 Å². The van der Waals surface area contributed by atoms with E-state index < -0.39 is 23.2 Å². The molecule has 104 valence electrons. The van der Waals surface area contributed by atoms with Crippen LogP contribution < -0.4 is 5.32 Å². The van der Waals surface area contributed by atoms with Gasteiger partial charge in [-0.2, -0.15) is 0 Å². The van der Waals surface area contributed by atoms with E-state index in [1.54, 1.807) is 20.8 Å². The van der Waals surface area contributed by atoms with Crippen LogP contribution in [0.1, 0.15) is 20.8 Å². The highest BCUT2D eigenvalue weighted by atomic mass is 16.6. The number of aliphatic carboxylic acids is 1. The third-order valence-electron chi connectivity index (χ3n) is 2.56. The number of carbonyl (C=O) groups excluding carboxylic acids is 1. The van der Waals surface area contributed by atoms with E-state index in [1.807, 2.05) is 0 Å². The van der Waals surface area contributed by atoms with Gasteiger partial charge in [-0.05, 0) is 20.8 Å². The van der Waals surface area contributed by atoms with Crippen molar-refractivity contribution >= 4 is 12.1 Å². The van der Waals surface area contributed by atoms with Gasteiger partial charge in [0.15, 0.2) is 5.54 Å². The zero-order valence-corrected chi connectivity index (χ0v) is 10.9. The molecule has 0 unspecified atom stereocenters. The number of amides is 1. The second kappa shape index (κ2) is 5.11. The minimum atomic E-state index is -1.17. The van der Waals surface area contributed by atoms with Gasteiger partial charge in [-0.1, -0.05) is 0 Å². The predicted molar refractivity (Wildman–Crippen MR) is 63.3 cm³/mol. The number of rotatable bonds is 4. The highest BCUT2D eigenvalue weighted by Gasteiger charge is 2.52. The topological polar surface area (TPSA) is 99.1 Å². The Balaban J connectivity index is 2.53. The molecule has 0 atom stereocenters. The Morgan fingerprint density at radius 3 is 2.33 bits per heavy atom. The molecule has 0 aromatic rings. The van der Waals surface area contributed by atoms with Crippen molar-refractivity contribution in [1.29, 1.82) is 0 Å². The average Bonchev–Trinajstić information content (AvgIpc) is 2.12. The standard InChI is InChI=1S/C11H20N2O5/c1-10(2,3)18-9(17)13-6-11(7-13,8(15)16)12-4-5-14/h12,14H,4-7H2,1-3H3,(H,15,16). The summed E-state index contributed by atoms with van der Waals surface area (Å²) in [4.78, 5) is 24.1. The number of β-amino-alcohol motifs (C(OH)–C–C–N with tert-alkyl or cyclic N) is 1. The quantitative estimate of drug-likeness (QED) is 0.638. The molecule has 1 aliphatic rings. The lowest BCUT2D eigenvalue weighted by Gasteiger charge is -2.47. The molecule has 1 fully saturated rings. The molecule has 1 rings (SSSR count). The van der Waals surface area contributed by atoms with E-state index in [0.29, 0.717) is 0 Å². The van der Waals surface area contributed by atoms with Crippen molar-refractivity contribution in [2.45, 2.75) is 31.9 Å². The molecule has 0 aliphatic carbocycles. The Morgan fingerprint density at radius 1 is 1.39 bits per heavy atom. The van der Waals surface area contributed by atoms with E-state index in [2.05, 4.69) is 5.32 Å². The normalized spacial score (nSPS) is 18.1. The predicted octanol–water partition coefficient (Wildman–Crippen LogP) is -0.358. The summed E-state index contributed by atoms with van der Waals surface area (Å²) >= 11 is 0. The third kappa shape index (κ3) is 3.33. The van der Waals surface area contributed by atoms with Gasteiger partial charge < -0.3 is 19.8 Å². The number of carbonyl (C=O) groups is 2. The van der Waals surface area contributed by atoms with Crippen molar-refractivity contribution < 1.29 is 24.5 Å². The molecule has 0 spiro atoms. The van der Waals surface area contributed by atoms with Gasteiger partial charge in [-0.3, -0.25) is 10.1 Å². The van der Waals surface area contributed by atoms with E-state index in [0.717, 1.165) is 0 Å². The summed E-state index contributed by atoms with van der Waals surface area (Å²) in [6.07, 6.45) is -0.523. The number of hydrogen-bond donors (Lipinski definition) is 3. The van der Waals surface area contributed by atoms with Crippen molar-refractivity contribution in [1.82, 2.24) is 10.2 Å². The van der Waals surface area contributed by atoms with E-state index >= 15 is 0 Å². The summed E-state index contributed by atoms with van der Waals surface area (Å²) < 4.78 is 5.14. The molecule has 1 saturated heterocycles. The van der Waals surface area contributed by atoms with Crippen molar-refractivity contribution in [2.75, 3.05) is 26.2 Å². The van der Waals surface area contributed by atoms with Crippen molar-refractivity contribution in [3.05, 3.63) is 0 Å². The van der Waals surface area contributed by atoms with E-state index in [1.165, 1.54) is 4.90 Å². The largest absolute Gasteiger partial charge is 0.480 e. The molecule has 0 aromatic carbocycles. The summed E-state index contributed by atoms with van der Waals surface area (Å²) in [5, 5.41) is 20.5. The van der Waals surface area contributed by atoms with Crippen molar-refractivity contribution in [2.24, 2.45) is 0 Å². The van der Waals surface area contributed by atoms with E-state index in [9.17, 15) is 9.59 Å². The molecule has 1 amide bonds. The number of hydrogen-bond acceptors (Lipinski definition) is 5. The second-order valence-electron chi connectivity index (χ2n) is 5.37. The minimum Gasteiger partial charge on any atom is -0.480 e. The molecule has 1 aliphatic heterocycles. The first-order chi connectivity index (χ1) is 8.20. The maximum atomic E-state index is 11.7. The van der Waals surface area contributed by atoms with Gasteiger partial charge in [0.1, 0.15) is 5.60 Å². The Hall–Kier alpha value is -1.34.